The lowest BCUT2D eigenvalue weighted by Gasteiger charge is -2.11. The number of anilines is 1. The van der Waals surface area contributed by atoms with Crippen molar-refractivity contribution in [3.8, 4) is 0 Å². The Hall–Kier alpha value is -1.04. The molecule has 1 aliphatic heterocycles. The lowest BCUT2D eigenvalue weighted by molar-refractivity contribution is 0.491. The van der Waals surface area contributed by atoms with Gasteiger partial charge in [0.15, 0.2) is 9.84 Å². The molecule has 2 N–H and O–H groups in total. The third kappa shape index (κ3) is 1.88. The Morgan fingerprint density at radius 3 is 2.55 bits per heavy atom. The van der Waals surface area contributed by atoms with Gasteiger partial charge >= 0.3 is 0 Å². The first kappa shape index (κ1) is 12.7. The number of rotatable bonds is 2. The van der Waals surface area contributed by atoms with E-state index in [-0.39, 0.29) is 17.5 Å². The van der Waals surface area contributed by atoms with Crippen LogP contribution in [0.3, 0.4) is 0 Å². The van der Waals surface area contributed by atoms with Gasteiger partial charge in [0, 0.05) is 11.5 Å². The zero-order valence-electron chi connectivity index (χ0n) is 11.7. The van der Waals surface area contributed by atoms with E-state index in [1.54, 1.807) is 4.68 Å². The number of nitrogens with two attached hydrogens (primary N) is 1. The molecule has 2 saturated carbocycles. The molecule has 2 heterocycles. The van der Waals surface area contributed by atoms with Crippen LogP contribution in [-0.2, 0) is 9.84 Å². The summed E-state index contributed by atoms with van der Waals surface area (Å²) < 4.78 is 25.1. The minimum absolute atomic E-state index is 0.0663. The lowest BCUT2D eigenvalue weighted by atomic mass is 9.97. The molecule has 0 bridgehead atoms. The minimum Gasteiger partial charge on any atom is -0.384 e. The fourth-order valence-corrected chi connectivity index (χ4v) is 5.81. The average molecular weight is 295 g/mol. The molecule has 0 radical (unpaired) electrons. The first-order valence-corrected chi connectivity index (χ1v) is 9.31. The highest BCUT2D eigenvalue weighted by molar-refractivity contribution is 7.91. The summed E-state index contributed by atoms with van der Waals surface area (Å²) in [5.74, 6) is 3.49. The molecule has 0 amide bonds. The van der Waals surface area contributed by atoms with Gasteiger partial charge in [0.05, 0.1) is 23.2 Å². The number of nitrogen functional groups attached to an aromatic ring is 1. The molecule has 2 aliphatic carbocycles. The molecule has 1 aromatic rings. The van der Waals surface area contributed by atoms with Crippen LogP contribution in [0.4, 0.5) is 5.82 Å². The van der Waals surface area contributed by atoms with E-state index in [1.807, 2.05) is 6.92 Å². The SMILES string of the molecule is Cc1c(C2CC3CC3C2)nn(C2CCS(=O)(=O)C2)c1N. The van der Waals surface area contributed by atoms with Crippen molar-refractivity contribution < 1.29 is 8.42 Å². The molecule has 1 saturated heterocycles. The number of hydrogen-bond acceptors (Lipinski definition) is 4. The second kappa shape index (κ2) is 4.00. The minimum atomic E-state index is -2.90. The van der Waals surface area contributed by atoms with E-state index in [9.17, 15) is 8.42 Å². The predicted molar refractivity (Wildman–Crippen MR) is 77.3 cm³/mol. The second-order valence-corrected chi connectivity index (χ2v) is 9.05. The molecule has 0 spiro atoms. The summed E-state index contributed by atoms with van der Waals surface area (Å²) in [6, 6.07) is -0.0663. The van der Waals surface area contributed by atoms with Crippen molar-refractivity contribution in [2.75, 3.05) is 17.2 Å². The molecular formula is C14H21N3O2S. The van der Waals surface area contributed by atoms with Crippen LogP contribution < -0.4 is 5.73 Å². The fraction of sp³-hybridized carbons (Fsp3) is 0.786. The van der Waals surface area contributed by atoms with Crippen molar-refractivity contribution in [3.63, 3.8) is 0 Å². The van der Waals surface area contributed by atoms with Gasteiger partial charge in [-0.2, -0.15) is 5.10 Å². The van der Waals surface area contributed by atoms with Gasteiger partial charge in [-0.05, 0) is 44.4 Å². The number of hydrogen-bond donors (Lipinski definition) is 1. The lowest BCUT2D eigenvalue weighted by Crippen LogP contribution is -2.15. The van der Waals surface area contributed by atoms with Crippen LogP contribution in [0, 0.1) is 18.8 Å². The molecule has 6 heteroatoms. The summed E-state index contributed by atoms with van der Waals surface area (Å²) in [7, 11) is -2.90. The summed E-state index contributed by atoms with van der Waals surface area (Å²) in [6.07, 6.45) is 4.52. The van der Waals surface area contributed by atoms with Gasteiger partial charge in [-0.3, -0.25) is 0 Å². The van der Waals surface area contributed by atoms with E-state index in [2.05, 4.69) is 0 Å². The van der Waals surface area contributed by atoms with Crippen LogP contribution in [0.1, 0.15) is 48.9 Å². The molecule has 3 atom stereocenters. The van der Waals surface area contributed by atoms with Crippen molar-refractivity contribution in [1.82, 2.24) is 9.78 Å². The highest BCUT2D eigenvalue weighted by Gasteiger charge is 2.47. The van der Waals surface area contributed by atoms with Crippen LogP contribution in [0.25, 0.3) is 0 Å². The van der Waals surface area contributed by atoms with Crippen molar-refractivity contribution in [3.05, 3.63) is 11.3 Å². The summed E-state index contributed by atoms with van der Waals surface area (Å²) in [4.78, 5) is 0. The van der Waals surface area contributed by atoms with E-state index in [0.717, 1.165) is 23.1 Å². The van der Waals surface area contributed by atoms with Crippen molar-refractivity contribution >= 4 is 15.7 Å². The Morgan fingerprint density at radius 1 is 1.25 bits per heavy atom. The second-order valence-electron chi connectivity index (χ2n) is 6.82. The number of aromatic nitrogens is 2. The topological polar surface area (TPSA) is 78.0 Å². The first-order chi connectivity index (χ1) is 9.44. The van der Waals surface area contributed by atoms with Gasteiger partial charge in [0.1, 0.15) is 5.82 Å². The fourth-order valence-electron chi connectivity index (χ4n) is 4.12. The molecule has 3 fully saturated rings. The van der Waals surface area contributed by atoms with Crippen LogP contribution in [0.5, 0.6) is 0 Å². The highest BCUT2D eigenvalue weighted by atomic mass is 32.2. The van der Waals surface area contributed by atoms with E-state index >= 15 is 0 Å². The van der Waals surface area contributed by atoms with Gasteiger partial charge in [0.25, 0.3) is 0 Å². The molecular weight excluding hydrogens is 274 g/mol. The maximum absolute atomic E-state index is 11.6. The standard InChI is InChI=1S/C14H21N3O2S/c1-8-13(11-5-9-4-10(9)6-11)16-17(14(8)15)12-2-3-20(18,19)7-12/h9-12H,2-7,15H2,1H3. The molecule has 20 heavy (non-hydrogen) atoms. The summed E-state index contributed by atoms with van der Waals surface area (Å²) >= 11 is 0. The molecule has 110 valence electrons. The highest BCUT2D eigenvalue weighted by Crippen LogP contribution is 2.57. The maximum atomic E-state index is 11.6. The quantitative estimate of drug-likeness (QED) is 0.900. The average Bonchev–Trinajstić information content (AvgIpc) is 2.71. The van der Waals surface area contributed by atoms with E-state index < -0.39 is 9.84 Å². The monoisotopic (exact) mass is 295 g/mol. The smallest absolute Gasteiger partial charge is 0.152 e. The van der Waals surface area contributed by atoms with Gasteiger partial charge in [-0.15, -0.1) is 0 Å². The molecule has 3 unspecified atom stereocenters. The summed E-state index contributed by atoms with van der Waals surface area (Å²) in [5.41, 5.74) is 8.38. The van der Waals surface area contributed by atoms with Crippen LogP contribution in [0.2, 0.25) is 0 Å². The molecule has 3 aliphatic rings. The van der Waals surface area contributed by atoms with E-state index in [0.29, 0.717) is 18.2 Å². The Morgan fingerprint density at radius 2 is 1.95 bits per heavy atom. The van der Waals surface area contributed by atoms with Crippen LogP contribution in [0.15, 0.2) is 0 Å². The predicted octanol–water partition coefficient (Wildman–Crippen LogP) is 1.65. The normalized spacial score (nSPS) is 38.0. The van der Waals surface area contributed by atoms with Crippen molar-refractivity contribution in [1.29, 1.82) is 0 Å². The van der Waals surface area contributed by atoms with Crippen LogP contribution in [-0.4, -0.2) is 29.7 Å². The van der Waals surface area contributed by atoms with Crippen molar-refractivity contribution in [2.45, 2.75) is 44.6 Å². The Kier molecular flexibility index (Phi) is 2.53. The van der Waals surface area contributed by atoms with Gasteiger partial charge in [-0.1, -0.05) is 0 Å². The maximum Gasteiger partial charge on any atom is 0.152 e. The summed E-state index contributed by atoms with van der Waals surface area (Å²) in [6.45, 7) is 2.03. The Balaban J connectivity index is 1.64. The van der Waals surface area contributed by atoms with Crippen molar-refractivity contribution in [2.24, 2.45) is 11.8 Å². The summed E-state index contributed by atoms with van der Waals surface area (Å²) in [5, 5.41) is 4.72. The molecule has 4 rings (SSSR count). The van der Waals surface area contributed by atoms with E-state index in [4.69, 9.17) is 10.8 Å². The first-order valence-electron chi connectivity index (χ1n) is 7.49. The Bertz CT molecular complexity index is 654. The molecule has 1 aromatic heterocycles. The number of nitrogens with zero attached hydrogens (tertiary/aromatic N) is 2. The number of fused-ring (bicyclic) bond motifs is 1. The zero-order valence-corrected chi connectivity index (χ0v) is 12.6. The molecule has 0 aromatic carbocycles. The third-order valence-corrected chi connectivity index (χ3v) is 7.17. The van der Waals surface area contributed by atoms with Gasteiger partial charge < -0.3 is 5.73 Å². The van der Waals surface area contributed by atoms with Gasteiger partial charge in [-0.25, -0.2) is 13.1 Å². The van der Waals surface area contributed by atoms with Gasteiger partial charge in [0.2, 0.25) is 0 Å². The van der Waals surface area contributed by atoms with Crippen LogP contribution >= 0.6 is 0 Å². The zero-order chi connectivity index (χ0) is 14.1. The Labute approximate surface area is 119 Å². The third-order valence-electron chi connectivity index (χ3n) is 5.42. The van der Waals surface area contributed by atoms with E-state index in [1.165, 1.54) is 19.3 Å². The molecule has 5 nitrogen and oxygen atoms in total. The number of sulfone groups is 1. The largest absolute Gasteiger partial charge is 0.384 e.